The third kappa shape index (κ3) is 2.30. The minimum absolute atomic E-state index is 0.400. The van der Waals surface area contributed by atoms with Crippen LogP contribution in [0.1, 0.15) is 6.42 Å². The molecule has 0 saturated heterocycles. The fourth-order valence-corrected chi connectivity index (χ4v) is 2.44. The predicted molar refractivity (Wildman–Crippen MR) is 48.2 cm³/mol. The summed E-state index contributed by atoms with van der Waals surface area (Å²) in [4.78, 5) is 0.400. The van der Waals surface area contributed by atoms with Crippen LogP contribution in [0.5, 0.6) is 0 Å². The Hall–Kier alpha value is 0.505. The molecule has 3 heteroatoms. The molecule has 1 aliphatic carbocycles. The maximum atomic E-state index is 5.54. The summed E-state index contributed by atoms with van der Waals surface area (Å²) in [6.45, 7) is 0. The van der Waals surface area contributed by atoms with Gasteiger partial charge in [-0.05, 0) is 10.9 Å². The summed E-state index contributed by atoms with van der Waals surface area (Å²) in [6.07, 6.45) is 4.92. The molecule has 1 rings (SSSR count). The monoisotopic (exact) mass is 246 g/mol. The van der Waals surface area contributed by atoms with Gasteiger partial charge in [-0.25, -0.2) is 0 Å². The summed E-state index contributed by atoms with van der Waals surface area (Å²) in [5.74, 6) is 0. The van der Waals surface area contributed by atoms with Crippen LogP contribution in [0.25, 0.3) is 0 Å². The number of allylic oxidation sites excluding steroid dienone is 4. The van der Waals surface area contributed by atoms with Gasteiger partial charge in [-0.1, -0.05) is 49.5 Å². The van der Waals surface area contributed by atoms with Crippen molar-refractivity contribution in [3.05, 3.63) is 22.1 Å². The Morgan fingerprint density at radius 3 is 2.78 bits per heavy atom. The Balaban J connectivity index is 2.74. The van der Waals surface area contributed by atoms with Crippen LogP contribution >= 0.6 is 31.9 Å². The maximum absolute atomic E-state index is 5.54. The summed E-state index contributed by atoms with van der Waals surface area (Å²) in [5.41, 5.74) is 0.829. The molecule has 0 aromatic carbocycles. The zero-order valence-electron chi connectivity index (χ0n) is 4.77. The molecule has 0 nitrogen and oxygen atoms in total. The maximum Gasteiger partial charge on any atom is 0.113 e. The second kappa shape index (κ2) is 3.06. The van der Waals surface area contributed by atoms with Crippen LogP contribution in [0.2, 0.25) is 0 Å². The molecule has 1 unspecified atom stereocenters. The lowest BCUT2D eigenvalue weighted by Gasteiger charge is -2.10. The Morgan fingerprint density at radius 1 is 1.67 bits per heavy atom. The van der Waals surface area contributed by atoms with Gasteiger partial charge in [-0.2, -0.15) is 0 Å². The first kappa shape index (κ1) is 7.61. The Labute approximate surface area is 73.1 Å². The molecule has 1 aliphatic rings. The molecule has 0 bridgehead atoms. The molecule has 2 radical (unpaired) electrons. The van der Waals surface area contributed by atoms with Gasteiger partial charge >= 0.3 is 0 Å². The molecule has 0 fully saturated rings. The van der Waals surface area contributed by atoms with Crippen LogP contribution in [0, 0.1) is 0 Å². The van der Waals surface area contributed by atoms with Gasteiger partial charge in [-0.3, -0.25) is 0 Å². The highest BCUT2D eigenvalue weighted by Gasteiger charge is 2.06. The van der Waals surface area contributed by atoms with Crippen LogP contribution in [-0.4, -0.2) is 12.7 Å². The Morgan fingerprint density at radius 2 is 2.33 bits per heavy atom. The minimum atomic E-state index is 0.400. The van der Waals surface area contributed by atoms with Crippen molar-refractivity contribution in [2.24, 2.45) is 0 Å². The molecular formula is C6H5BBr2. The van der Waals surface area contributed by atoms with Gasteiger partial charge in [0.1, 0.15) is 7.85 Å². The second-order valence-electron chi connectivity index (χ2n) is 1.98. The van der Waals surface area contributed by atoms with Gasteiger partial charge in [0, 0.05) is 4.83 Å². The van der Waals surface area contributed by atoms with E-state index in [4.69, 9.17) is 7.85 Å². The van der Waals surface area contributed by atoms with E-state index in [2.05, 4.69) is 31.9 Å². The largest absolute Gasteiger partial charge is 0.113 e. The van der Waals surface area contributed by atoms with Crippen molar-refractivity contribution < 1.29 is 0 Å². The smallest absolute Gasteiger partial charge is 0.0987 e. The van der Waals surface area contributed by atoms with Gasteiger partial charge < -0.3 is 0 Å². The molecule has 46 valence electrons. The fraction of sp³-hybridized carbons (Fsp3) is 0.333. The summed E-state index contributed by atoms with van der Waals surface area (Å²) in [5, 5.41) is 0. The second-order valence-corrected chi connectivity index (χ2v) is 4.17. The van der Waals surface area contributed by atoms with E-state index in [1.54, 1.807) is 0 Å². The van der Waals surface area contributed by atoms with Gasteiger partial charge in [0.2, 0.25) is 0 Å². The standard InChI is InChI=1S/C6H5BBr2/c7-4-1-5(8)3-6(9)2-4/h1-2,5H,3H2. The van der Waals surface area contributed by atoms with E-state index in [-0.39, 0.29) is 0 Å². The molecular weight excluding hydrogens is 243 g/mol. The first-order valence-corrected chi connectivity index (χ1v) is 4.37. The Bertz CT molecular complexity index is 172. The van der Waals surface area contributed by atoms with E-state index < -0.39 is 0 Å². The van der Waals surface area contributed by atoms with E-state index in [0.29, 0.717) is 4.83 Å². The quantitative estimate of drug-likeness (QED) is 0.456. The topological polar surface area (TPSA) is 0 Å². The van der Waals surface area contributed by atoms with Crippen LogP contribution in [0.15, 0.2) is 22.1 Å². The van der Waals surface area contributed by atoms with Crippen molar-refractivity contribution in [1.82, 2.24) is 0 Å². The van der Waals surface area contributed by atoms with Crippen LogP contribution in [-0.2, 0) is 0 Å². The first-order valence-electron chi connectivity index (χ1n) is 2.66. The van der Waals surface area contributed by atoms with E-state index in [9.17, 15) is 0 Å². The highest BCUT2D eigenvalue weighted by Crippen LogP contribution is 2.25. The number of rotatable bonds is 0. The third-order valence-corrected chi connectivity index (χ3v) is 2.23. The van der Waals surface area contributed by atoms with Crippen molar-refractivity contribution in [2.75, 3.05) is 0 Å². The normalized spacial score (nSPS) is 27.1. The molecule has 0 aromatic rings. The lowest BCUT2D eigenvalue weighted by Crippen LogP contribution is -1.99. The summed E-state index contributed by atoms with van der Waals surface area (Å²) in [6, 6.07) is 0. The van der Waals surface area contributed by atoms with Crippen LogP contribution in [0.3, 0.4) is 0 Å². The van der Waals surface area contributed by atoms with Crippen LogP contribution < -0.4 is 0 Å². The van der Waals surface area contributed by atoms with E-state index >= 15 is 0 Å². The zero-order chi connectivity index (χ0) is 6.85. The van der Waals surface area contributed by atoms with Crippen LogP contribution in [0.4, 0.5) is 0 Å². The minimum Gasteiger partial charge on any atom is -0.0987 e. The molecule has 0 aromatic heterocycles. The summed E-state index contributed by atoms with van der Waals surface area (Å²) < 4.78 is 1.16. The molecule has 0 spiro atoms. The SMILES string of the molecule is [B]C1=CC(Br)CC(Br)=C1. The molecule has 0 saturated carbocycles. The fourth-order valence-electron chi connectivity index (χ4n) is 0.742. The average molecular weight is 248 g/mol. The van der Waals surface area contributed by atoms with Gasteiger partial charge in [0.15, 0.2) is 0 Å². The van der Waals surface area contributed by atoms with Crippen molar-refractivity contribution in [2.45, 2.75) is 11.2 Å². The average Bonchev–Trinajstić information content (AvgIpc) is 1.59. The first-order chi connectivity index (χ1) is 4.18. The van der Waals surface area contributed by atoms with Crippen molar-refractivity contribution in [3.63, 3.8) is 0 Å². The highest BCUT2D eigenvalue weighted by atomic mass is 79.9. The predicted octanol–water partition coefficient (Wildman–Crippen LogP) is 2.48. The summed E-state index contributed by atoms with van der Waals surface area (Å²) >= 11 is 6.82. The van der Waals surface area contributed by atoms with E-state index in [0.717, 1.165) is 16.4 Å². The van der Waals surface area contributed by atoms with E-state index in [1.807, 2.05) is 12.2 Å². The van der Waals surface area contributed by atoms with Crippen molar-refractivity contribution in [3.8, 4) is 0 Å². The van der Waals surface area contributed by atoms with Crippen molar-refractivity contribution in [1.29, 1.82) is 0 Å². The Kier molecular flexibility index (Phi) is 2.59. The number of halogens is 2. The number of hydrogen-bond donors (Lipinski definition) is 0. The zero-order valence-corrected chi connectivity index (χ0v) is 7.94. The molecule has 0 heterocycles. The molecule has 0 N–H and O–H groups in total. The molecule has 0 amide bonds. The third-order valence-electron chi connectivity index (χ3n) is 1.09. The summed E-state index contributed by atoms with van der Waals surface area (Å²) in [7, 11) is 5.54. The van der Waals surface area contributed by atoms with Crippen molar-refractivity contribution >= 4 is 39.7 Å². The number of hydrogen-bond acceptors (Lipinski definition) is 0. The molecule has 1 atom stereocenters. The molecule has 0 aliphatic heterocycles. The van der Waals surface area contributed by atoms with E-state index in [1.165, 1.54) is 0 Å². The van der Waals surface area contributed by atoms with Gasteiger partial charge in [-0.15, -0.1) is 0 Å². The van der Waals surface area contributed by atoms with Gasteiger partial charge in [0.25, 0.3) is 0 Å². The lowest BCUT2D eigenvalue weighted by atomic mass is 9.91. The highest BCUT2D eigenvalue weighted by molar-refractivity contribution is 9.12. The lowest BCUT2D eigenvalue weighted by molar-refractivity contribution is 1.06. The van der Waals surface area contributed by atoms with Gasteiger partial charge in [0.05, 0.1) is 0 Å². The number of alkyl halides is 1. The molecule has 9 heavy (non-hydrogen) atoms.